The fraction of sp³-hybridized carbons (Fsp3) is 0.364. The number of aromatic amines is 1. The molecule has 0 fully saturated rings. The number of imidazole rings is 2. The molecule has 0 saturated heterocycles. The van der Waals surface area contributed by atoms with E-state index in [1.165, 1.54) is 0 Å². The minimum atomic E-state index is 0.0539. The maximum atomic E-state index is 11.5. The number of rotatable bonds is 6. The molecule has 0 unspecified atom stereocenters. The minimum absolute atomic E-state index is 0.0539. The van der Waals surface area contributed by atoms with Crippen molar-refractivity contribution < 1.29 is 4.79 Å². The summed E-state index contributed by atoms with van der Waals surface area (Å²) in [7, 11) is 0. The lowest BCUT2D eigenvalue weighted by Crippen LogP contribution is -2.26. The molecule has 6 heteroatoms. The van der Waals surface area contributed by atoms with Gasteiger partial charge in [0.05, 0.1) is 12.7 Å². The summed E-state index contributed by atoms with van der Waals surface area (Å²) < 4.78 is 1.88. The molecule has 2 N–H and O–H groups in total. The van der Waals surface area contributed by atoms with Gasteiger partial charge in [-0.15, -0.1) is 0 Å². The monoisotopic (exact) mass is 233 g/mol. The van der Waals surface area contributed by atoms with Crippen LogP contribution in [0.15, 0.2) is 31.2 Å². The fourth-order valence-corrected chi connectivity index (χ4v) is 1.50. The Kier molecular flexibility index (Phi) is 3.90. The van der Waals surface area contributed by atoms with Crippen LogP contribution in [-0.4, -0.2) is 32.0 Å². The van der Waals surface area contributed by atoms with Crippen LogP contribution in [0.2, 0.25) is 0 Å². The predicted molar refractivity (Wildman–Crippen MR) is 62.1 cm³/mol. The highest BCUT2D eigenvalue weighted by Crippen LogP contribution is 1.93. The number of carbonyl (C=O) groups is 1. The Morgan fingerprint density at radius 3 is 3.12 bits per heavy atom. The Labute approximate surface area is 99.1 Å². The third-order valence-corrected chi connectivity index (χ3v) is 2.43. The fourth-order valence-electron chi connectivity index (χ4n) is 1.50. The number of nitrogens with one attached hydrogen (secondary N) is 2. The number of amides is 1. The number of hydrogen-bond acceptors (Lipinski definition) is 3. The van der Waals surface area contributed by atoms with Gasteiger partial charge in [0.15, 0.2) is 0 Å². The van der Waals surface area contributed by atoms with E-state index >= 15 is 0 Å². The zero-order chi connectivity index (χ0) is 11.9. The van der Waals surface area contributed by atoms with Crippen molar-refractivity contribution in [3.63, 3.8) is 0 Å². The van der Waals surface area contributed by atoms with E-state index in [4.69, 9.17) is 0 Å². The predicted octanol–water partition coefficient (Wildman–Crippen LogP) is 0.355. The van der Waals surface area contributed by atoms with E-state index in [0.717, 1.165) is 12.1 Å². The van der Waals surface area contributed by atoms with Crippen LogP contribution >= 0.6 is 0 Å². The largest absolute Gasteiger partial charge is 0.356 e. The molecular formula is C11H15N5O. The van der Waals surface area contributed by atoms with Gasteiger partial charge >= 0.3 is 0 Å². The molecule has 2 rings (SSSR count). The average Bonchev–Trinajstić information content (AvgIpc) is 2.99. The molecule has 90 valence electrons. The second-order valence-corrected chi connectivity index (χ2v) is 3.73. The standard InChI is InChI=1S/C11H15N5O/c17-11(2-5-16-6-4-12-9-16)14-3-1-10-7-13-8-15-10/h4,6-9H,1-3,5H2,(H,13,15)(H,14,17). The van der Waals surface area contributed by atoms with Gasteiger partial charge in [-0.1, -0.05) is 0 Å². The zero-order valence-electron chi connectivity index (χ0n) is 9.47. The van der Waals surface area contributed by atoms with Gasteiger partial charge in [-0.3, -0.25) is 4.79 Å². The second-order valence-electron chi connectivity index (χ2n) is 3.73. The normalized spacial score (nSPS) is 10.4. The Morgan fingerprint density at radius 2 is 2.41 bits per heavy atom. The minimum Gasteiger partial charge on any atom is -0.356 e. The lowest BCUT2D eigenvalue weighted by Gasteiger charge is -2.04. The number of carbonyl (C=O) groups excluding carboxylic acids is 1. The summed E-state index contributed by atoms with van der Waals surface area (Å²) in [6.45, 7) is 1.29. The molecule has 1 amide bonds. The number of hydrogen-bond donors (Lipinski definition) is 2. The topological polar surface area (TPSA) is 75.6 Å². The summed E-state index contributed by atoms with van der Waals surface area (Å²) in [6, 6.07) is 0. The molecule has 0 atom stereocenters. The SMILES string of the molecule is O=C(CCn1ccnc1)NCCc1cnc[nH]1. The van der Waals surface area contributed by atoms with Crippen molar-refractivity contribution in [1.82, 2.24) is 24.8 Å². The first-order chi connectivity index (χ1) is 8.34. The van der Waals surface area contributed by atoms with E-state index < -0.39 is 0 Å². The lowest BCUT2D eigenvalue weighted by atomic mass is 10.3. The lowest BCUT2D eigenvalue weighted by molar-refractivity contribution is -0.121. The van der Waals surface area contributed by atoms with E-state index in [1.807, 2.05) is 10.8 Å². The number of H-pyrrole nitrogens is 1. The van der Waals surface area contributed by atoms with Gasteiger partial charge in [0.1, 0.15) is 0 Å². The van der Waals surface area contributed by atoms with Crippen LogP contribution in [0.3, 0.4) is 0 Å². The summed E-state index contributed by atoms with van der Waals surface area (Å²) in [5.41, 5.74) is 1.03. The van der Waals surface area contributed by atoms with Gasteiger partial charge in [-0.2, -0.15) is 0 Å². The molecule has 0 aromatic carbocycles. The first kappa shape index (κ1) is 11.4. The zero-order valence-corrected chi connectivity index (χ0v) is 9.47. The van der Waals surface area contributed by atoms with Gasteiger partial charge in [0.2, 0.25) is 5.91 Å². The van der Waals surface area contributed by atoms with Crippen LogP contribution in [0, 0.1) is 0 Å². The molecule has 2 aromatic heterocycles. The molecule has 0 spiro atoms. The Balaban J connectivity index is 1.61. The average molecular weight is 233 g/mol. The van der Waals surface area contributed by atoms with Gasteiger partial charge in [0.25, 0.3) is 0 Å². The third-order valence-electron chi connectivity index (χ3n) is 2.43. The molecule has 0 radical (unpaired) electrons. The molecular weight excluding hydrogens is 218 g/mol. The molecule has 6 nitrogen and oxygen atoms in total. The molecule has 2 heterocycles. The van der Waals surface area contributed by atoms with Crippen molar-refractivity contribution >= 4 is 5.91 Å². The van der Waals surface area contributed by atoms with Gasteiger partial charge in [-0.05, 0) is 0 Å². The Bertz CT molecular complexity index is 434. The maximum absolute atomic E-state index is 11.5. The van der Waals surface area contributed by atoms with Crippen LogP contribution < -0.4 is 5.32 Å². The van der Waals surface area contributed by atoms with E-state index in [2.05, 4.69) is 20.3 Å². The molecule has 0 aliphatic rings. The molecule has 0 saturated carbocycles. The van der Waals surface area contributed by atoms with E-state index in [9.17, 15) is 4.79 Å². The summed E-state index contributed by atoms with van der Waals surface area (Å²) in [5.74, 6) is 0.0539. The smallest absolute Gasteiger partial charge is 0.221 e. The van der Waals surface area contributed by atoms with Crippen LogP contribution in [0.25, 0.3) is 0 Å². The first-order valence-electron chi connectivity index (χ1n) is 5.54. The number of aromatic nitrogens is 4. The molecule has 2 aromatic rings. The quantitative estimate of drug-likeness (QED) is 0.756. The van der Waals surface area contributed by atoms with Crippen molar-refractivity contribution in [1.29, 1.82) is 0 Å². The van der Waals surface area contributed by atoms with Gasteiger partial charge in [-0.25, -0.2) is 9.97 Å². The van der Waals surface area contributed by atoms with E-state index in [1.54, 1.807) is 25.0 Å². The maximum Gasteiger partial charge on any atom is 0.221 e. The Morgan fingerprint density at radius 1 is 1.47 bits per heavy atom. The summed E-state index contributed by atoms with van der Waals surface area (Å²) in [4.78, 5) is 22.3. The molecule has 0 aliphatic carbocycles. The summed E-state index contributed by atoms with van der Waals surface area (Å²) in [6.07, 6.45) is 9.90. The molecule has 0 aliphatic heterocycles. The van der Waals surface area contributed by atoms with Crippen molar-refractivity contribution in [3.05, 3.63) is 36.9 Å². The van der Waals surface area contributed by atoms with Crippen molar-refractivity contribution in [2.75, 3.05) is 6.54 Å². The van der Waals surface area contributed by atoms with Gasteiger partial charge in [0, 0.05) is 50.2 Å². The summed E-state index contributed by atoms with van der Waals surface area (Å²) >= 11 is 0. The highest BCUT2D eigenvalue weighted by Gasteiger charge is 2.01. The van der Waals surface area contributed by atoms with E-state index in [-0.39, 0.29) is 5.91 Å². The van der Waals surface area contributed by atoms with Crippen molar-refractivity contribution in [3.8, 4) is 0 Å². The Hall–Kier alpha value is -2.11. The van der Waals surface area contributed by atoms with Gasteiger partial charge < -0.3 is 14.9 Å². The van der Waals surface area contributed by atoms with Crippen molar-refractivity contribution in [2.45, 2.75) is 19.4 Å². The highest BCUT2D eigenvalue weighted by molar-refractivity contribution is 5.75. The number of nitrogens with zero attached hydrogens (tertiary/aromatic N) is 3. The van der Waals surface area contributed by atoms with Crippen molar-refractivity contribution in [2.24, 2.45) is 0 Å². The second kappa shape index (κ2) is 5.83. The molecule has 17 heavy (non-hydrogen) atoms. The van der Waals surface area contributed by atoms with Crippen LogP contribution in [0.1, 0.15) is 12.1 Å². The van der Waals surface area contributed by atoms with E-state index in [0.29, 0.717) is 19.5 Å². The first-order valence-corrected chi connectivity index (χ1v) is 5.54. The van der Waals surface area contributed by atoms with Crippen LogP contribution in [0.5, 0.6) is 0 Å². The molecule has 0 bridgehead atoms. The third kappa shape index (κ3) is 3.75. The highest BCUT2D eigenvalue weighted by atomic mass is 16.1. The number of aryl methyl sites for hydroxylation is 1. The van der Waals surface area contributed by atoms with Crippen LogP contribution in [0.4, 0.5) is 0 Å². The summed E-state index contributed by atoms with van der Waals surface area (Å²) in [5, 5.41) is 2.86. The van der Waals surface area contributed by atoms with Crippen LogP contribution in [-0.2, 0) is 17.8 Å².